The first kappa shape index (κ1) is 20.4. The zero-order valence-electron chi connectivity index (χ0n) is 15.3. The topological polar surface area (TPSA) is 96.3 Å². The number of benzene rings is 1. The van der Waals surface area contributed by atoms with Gasteiger partial charge >= 0.3 is 0 Å². The van der Waals surface area contributed by atoms with Crippen molar-refractivity contribution in [3.63, 3.8) is 0 Å². The van der Waals surface area contributed by atoms with E-state index in [4.69, 9.17) is 16.1 Å². The maximum Gasteiger partial charge on any atom is 0.274 e. The van der Waals surface area contributed by atoms with E-state index in [1.54, 1.807) is 12.1 Å². The number of nitrogens with one attached hydrogen (secondary N) is 3. The fourth-order valence-electron chi connectivity index (χ4n) is 2.28. The molecule has 1 aliphatic heterocycles. The van der Waals surface area contributed by atoms with Gasteiger partial charge in [0.05, 0.1) is 12.2 Å². The summed E-state index contributed by atoms with van der Waals surface area (Å²) in [7, 11) is 1.37. The molecule has 142 valence electrons. The fourth-order valence-corrected chi connectivity index (χ4v) is 2.89. The summed E-state index contributed by atoms with van der Waals surface area (Å²) in [5.41, 5.74) is 6.03. The van der Waals surface area contributed by atoms with E-state index in [1.807, 2.05) is 26.0 Å². The van der Waals surface area contributed by atoms with Crippen LogP contribution in [0.25, 0.3) is 0 Å². The molecule has 2 rings (SSSR count). The quantitative estimate of drug-likeness (QED) is 0.272. The van der Waals surface area contributed by atoms with Crippen molar-refractivity contribution in [2.45, 2.75) is 20.5 Å². The van der Waals surface area contributed by atoms with Crippen LogP contribution in [0, 0.1) is 12.3 Å². The molecule has 0 atom stereocenters. The smallest absolute Gasteiger partial charge is 0.274 e. The van der Waals surface area contributed by atoms with Crippen LogP contribution in [0.2, 0.25) is 0 Å². The second-order valence-electron chi connectivity index (χ2n) is 5.38. The Morgan fingerprint density at radius 1 is 1.37 bits per heavy atom. The second kappa shape index (κ2) is 10.3. The normalized spacial score (nSPS) is 14.4. The molecule has 0 unspecified atom stereocenters. The van der Waals surface area contributed by atoms with Crippen LogP contribution in [0.4, 0.5) is 0 Å². The first-order valence-electron chi connectivity index (χ1n) is 8.05. The molecule has 0 radical (unpaired) electrons. The van der Waals surface area contributed by atoms with Crippen LogP contribution < -0.4 is 15.6 Å². The number of nitrogens with zero attached hydrogens (tertiary/aromatic N) is 2. The number of terminal acetylenes is 1. The third-order valence-electron chi connectivity index (χ3n) is 3.54. The Balaban J connectivity index is 2.17. The van der Waals surface area contributed by atoms with Crippen LogP contribution in [0.5, 0.6) is 0 Å². The lowest BCUT2D eigenvalue weighted by molar-refractivity contribution is -0.114. The lowest BCUT2D eigenvalue weighted by Gasteiger charge is -2.11. The van der Waals surface area contributed by atoms with E-state index in [0.717, 1.165) is 16.2 Å². The highest BCUT2D eigenvalue weighted by Crippen LogP contribution is 2.20. The van der Waals surface area contributed by atoms with Crippen LogP contribution in [0.3, 0.4) is 0 Å². The number of carbonyl (C=O) groups excluding carboxylic acids is 1. The lowest BCUT2D eigenvalue weighted by Crippen LogP contribution is -2.32. The number of hydrogen-bond donors (Lipinski definition) is 3. The van der Waals surface area contributed by atoms with E-state index < -0.39 is 5.91 Å². The second-order valence-corrected chi connectivity index (χ2v) is 6.40. The molecule has 1 aromatic rings. The molecule has 1 aromatic carbocycles. The molecule has 1 amide bonds. The molecular formula is C18H21N5O3S. The van der Waals surface area contributed by atoms with Gasteiger partial charge in [-0.2, -0.15) is 4.83 Å². The lowest BCUT2D eigenvalue weighted by atomic mass is 10.0. The highest BCUT2D eigenvalue weighted by Gasteiger charge is 2.18. The molecule has 0 fully saturated rings. The first-order valence-corrected chi connectivity index (χ1v) is 8.86. The van der Waals surface area contributed by atoms with Gasteiger partial charge in [0.1, 0.15) is 19.4 Å². The summed E-state index contributed by atoms with van der Waals surface area (Å²) in [5.74, 6) is 1.92. The van der Waals surface area contributed by atoms with Gasteiger partial charge in [0.15, 0.2) is 5.71 Å². The molecule has 1 heterocycles. The minimum atomic E-state index is -0.430. The van der Waals surface area contributed by atoms with Crippen molar-refractivity contribution in [3.05, 3.63) is 46.0 Å². The van der Waals surface area contributed by atoms with Crippen LogP contribution in [0.1, 0.15) is 25.0 Å². The summed E-state index contributed by atoms with van der Waals surface area (Å²) in [4.78, 5) is 26.7. The summed E-state index contributed by atoms with van der Waals surface area (Å²) in [6, 6.07) is 7.23. The highest BCUT2D eigenvalue weighted by molar-refractivity contribution is 8.01. The van der Waals surface area contributed by atoms with Crippen molar-refractivity contribution >= 4 is 29.3 Å². The number of hydrogen-bond acceptors (Lipinski definition) is 8. The Hall–Kier alpha value is -2.96. The average Bonchev–Trinajstić information content (AvgIpc) is 3.10. The van der Waals surface area contributed by atoms with Crippen molar-refractivity contribution < 1.29 is 14.5 Å². The number of amides is 1. The third-order valence-corrected chi connectivity index (χ3v) is 4.25. The van der Waals surface area contributed by atoms with Gasteiger partial charge in [-0.15, -0.1) is 6.42 Å². The number of allylic oxidation sites excluding steroid dienone is 2. The Bertz CT molecular complexity index is 827. The largest absolute Gasteiger partial charge is 0.398 e. The minimum Gasteiger partial charge on any atom is -0.398 e. The Morgan fingerprint density at radius 2 is 2.15 bits per heavy atom. The monoisotopic (exact) mass is 387 g/mol. The van der Waals surface area contributed by atoms with Gasteiger partial charge in [-0.05, 0) is 25.8 Å². The molecule has 27 heavy (non-hydrogen) atoms. The van der Waals surface area contributed by atoms with Crippen molar-refractivity contribution in [1.29, 1.82) is 0 Å². The number of oxime groups is 2. The molecule has 0 aromatic heterocycles. The standard InChI is InChI=1S/C18H21N5O3S/c1-5-10-19-18(24)17(22-25-4)15-9-7-6-8-14(15)11-26-21-12(2)16-13(3)27-23-20-16/h1,6-9,20,23H,10-11H2,2-4H3,(H,19,24)/b21-12-,22-17+. The van der Waals surface area contributed by atoms with Crippen molar-refractivity contribution in [1.82, 2.24) is 15.6 Å². The van der Waals surface area contributed by atoms with E-state index in [0.29, 0.717) is 11.3 Å². The third kappa shape index (κ3) is 5.51. The summed E-state index contributed by atoms with van der Waals surface area (Å²) < 4.78 is 0. The molecule has 0 bridgehead atoms. The number of rotatable bonds is 8. The number of carbonyl (C=O) groups is 1. The van der Waals surface area contributed by atoms with Crippen molar-refractivity contribution in [3.8, 4) is 12.3 Å². The van der Waals surface area contributed by atoms with E-state index >= 15 is 0 Å². The summed E-state index contributed by atoms with van der Waals surface area (Å²) in [6.45, 7) is 4.07. The fraction of sp³-hybridized carbons (Fsp3) is 0.278. The van der Waals surface area contributed by atoms with Crippen molar-refractivity contribution in [2.75, 3.05) is 13.7 Å². The Morgan fingerprint density at radius 3 is 2.81 bits per heavy atom. The molecule has 3 N–H and O–H groups in total. The summed E-state index contributed by atoms with van der Waals surface area (Å²) >= 11 is 1.48. The zero-order valence-corrected chi connectivity index (χ0v) is 16.1. The Kier molecular flexibility index (Phi) is 7.73. The predicted octanol–water partition coefficient (Wildman–Crippen LogP) is 1.67. The van der Waals surface area contributed by atoms with Gasteiger partial charge in [0.25, 0.3) is 5.91 Å². The van der Waals surface area contributed by atoms with Crippen molar-refractivity contribution in [2.24, 2.45) is 10.3 Å². The summed E-state index contributed by atoms with van der Waals surface area (Å²) in [6.07, 6.45) is 5.19. The predicted molar refractivity (Wildman–Crippen MR) is 106 cm³/mol. The van der Waals surface area contributed by atoms with E-state index in [2.05, 4.69) is 31.8 Å². The van der Waals surface area contributed by atoms with Gasteiger partial charge in [0.2, 0.25) is 0 Å². The molecular weight excluding hydrogens is 366 g/mol. The SMILES string of the molecule is C#CCNC(=O)/C(=N/OC)c1ccccc1CO/N=C(/C)C1=C(C)SNN1. The summed E-state index contributed by atoms with van der Waals surface area (Å²) in [5, 5.41) is 10.6. The van der Waals surface area contributed by atoms with Gasteiger partial charge in [-0.25, -0.2) is 0 Å². The maximum absolute atomic E-state index is 12.3. The molecule has 0 saturated heterocycles. The molecule has 0 spiro atoms. The van der Waals surface area contributed by atoms with E-state index in [1.165, 1.54) is 19.1 Å². The first-order chi connectivity index (χ1) is 13.1. The van der Waals surface area contributed by atoms with Crippen LogP contribution in [0.15, 0.2) is 45.2 Å². The van der Waals surface area contributed by atoms with Gasteiger partial charge in [-0.3, -0.25) is 4.79 Å². The van der Waals surface area contributed by atoms with Gasteiger partial charge < -0.3 is 20.4 Å². The molecule has 1 aliphatic rings. The van der Waals surface area contributed by atoms with Crippen LogP contribution >= 0.6 is 11.9 Å². The van der Waals surface area contributed by atoms with Gasteiger partial charge in [-0.1, -0.05) is 40.5 Å². The maximum atomic E-state index is 12.3. The van der Waals surface area contributed by atoms with E-state index in [9.17, 15) is 4.79 Å². The molecule has 8 nitrogen and oxygen atoms in total. The minimum absolute atomic E-state index is 0.0945. The zero-order chi connectivity index (χ0) is 19.6. The number of hydrazine groups is 1. The highest BCUT2D eigenvalue weighted by atomic mass is 32.2. The molecule has 0 aliphatic carbocycles. The average molecular weight is 387 g/mol. The van der Waals surface area contributed by atoms with Gasteiger partial charge in [0, 0.05) is 16.0 Å². The molecule has 9 heteroatoms. The van der Waals surface area contributed by atoms with Crippen LogP contribution in [-0.4, -0.2) is 31.0 Å². The van der Waals surface area contributed by atoms with Crippen LogP contribution in [-0.2, 0) is 21.1 Å². The Labute approximate surface area is 162 Å². The van der Waals surface area contributed by atoms with E-state index in [-0.39, 0.29) is 18.9 Å². The molecule has 0 saturated carbocycles.